The smallest absolute Gasteiger partial charge is 0.167 e. The number of rotatable bonds is 4. The zero-order valence-electron chi connectivity index (χ0n) is 19.8. The van der Waals surface area contributed by atoms with Crippen LogP contribution in [0.2, 0.25) is 0 Å². The Morgan fingerprint density at radius 3 is 2.79 bits per heavy atom. The SMILES string of the molecule is Cc1nnn(C)c1-c1cc(N2CCOC[C@H]2C)nc2c(-c3ccnn3C3CCCCO3)cnn12. The highest BCUT2D eigenvalue weighted by Gasteiger charge is 2.27. The lowest BCUT2D eigenvalue weighted by molar-refractivity contribution is -0.0383. The van der Waals surface area contributed by atoms with Gasteiger partial charge in [-0.1, -0.05) is 5.21 Å². The van der Waals surface area contributed by atoms with Gasteiger partial charge >= 0.3 is 0 Å². The maximum Gasteiger partial charge on any atom is 0.167 e. The molecular weight excluding hydrogens is 434 g/mol. The van der Waals surface area contributed by atoms with Crippen molar-refractivity contribution in [2.45, 2.75) is 45.4 Å². The second kappa shape index (κ2) is 8.48. The lowest BCUT2D eigenvalue weighted by Crippen LogP contribution is -2.44. The predicted octanol–water partition coefficient (Wildman–Crippen LogP) is 2.62. The summed E-state index contributed by atoms with van der Waals surface area (Å²) in [6.07, 6.45) is 6.79. The first-order valence-electron chi connectivity index (χ1n) is 11.9. The molecule has 0 saturated carbocycles. The van der Waals surface area contributed by atoms with E-state index in [4.69, 9.17) is 19.6 Å². The summed E-state index contributed by atoms with van der Waals surface area (Å²) in [6.45, 7) is 7.01. The van der Waals surface area contributed by atoms with Gasteiger partial charge in [-0.05, 0) is 39.2 Å². The Morgan fingerprint density at radius 2 is 2.03 bits per heavy atom. The standard InChI is InChI=1S/C23H29N9O2/c1-15-14-33-11-9-30(15)20-12-19(22-16(2)27-28-29(22)3)32-23(26-20)17(13-25-32)18-7-8-24-31(18)21-6-4-5-10-34-21/h7-8,12-13,15,21H,4-6,9-11,14H2,1-3H3/t15-,21?/m1/s1. The fourth-order valence-corrected chi connectivity index (χ4v) is 5.00. The van der Waals surface area contributed by atoms with E-state index >= 15 is 0 Å². The molecule has 0 N–H and O–H groups in total. The Balaban J connectivity index is 1.55. The summed E-state index contributed by atoms with van der Waals surface area (Å²) in [5.41, 5.74) is 5.29. The number of morpholine rings is 1. The van der Waals surface area contributed by atoms with Crippen molar-refractivity contribution in [2.24, 2.45) is 7.05 Å². The van der Waals surface area contributed by atoms with Crippen LogP contribution in [-0.4, -0.2) is 71.8 Å². The zero-order valence-corrected chi connectivity index (χ0v) is 19.8. The van der Waals surface area contributed by atoms with E-state index in [0.717, 1.165) is 72.2 Å². The van der Waals surface area contributed by atoms with E-state index in [1.54, 1.807) is 4.68 Å². The number of hydrogen-bond donors (Lipinski definition) is 0. The molecule has 2 aliphatic heterocycles. The Morgan fingerprint density at radius 1 is 1.12 bits per heavy atom. The average Bonchev–Trinajstić information content (AvgIpc) is 3.58. The average molecular weight is 464 g/mol. The topological polar surface area (TPSA) is 100 Å². The largest absolute Gasteiger partial charge is 0.377 e. The van der Waals surface area contributed by atoms with Gasteiger partial charge < -0.3 is 14.4 Å². The van der Waals surface area contributed by atoms with E-state index in [2.05, 4.69) is 33.3 Å². The lowest BCUT2D eigenvalue weighted by atomic mass is 10.1. The van der Waals surface area contributed by atoms with Crippen molar-refractivity contribution in [3.63, 3.8) is 0 Å². The highest BCUT2D eigenvalue weighted by atomic mass is 16.5. The summed E-state index contributed by atoms with van der Waals surface area (Å²) in [6, 6.07) is 4.31. The summed E-state index contributed by atoms with van der Waals surface area (Å²) in [7, 11) is 1.90. The predicted molar refractivity (Wildman–Crippen MR) is 125 cm³/mol. The number of nitrogens with zero attached hydrogens (tertiary/aromatic N) is 9. The molecule has 0 aliphatic carbocycles. The number of anilines is 1. The number of ether oxygens (including phenoxy) is 2. The van der Waals surface area contributed by atoms with Crippen molar-refractivity contribution in [3.05, 3.63) is 30.2 Å². The minimum Gasteiger partial charge on any atom is -0.377 e. The van der Waals surface area contributed by atoms with E-state index in [0.29, 0.717) is 13.2 Å². The minimum atomic E-state index is -0.0702. The monoisotopic (exact) mass is 463 g/mol. The first kappa shape index (κ1) is 21.2. The molecule has 34 heavy (non-hydrogen) atoms. The maximum absolute atomic E-state index is 6.03. The van der Waals surface area contributed by atoms with Crippen LogP contribution >= 0.6 is 0 Å². The molecule has 4 aromatic rings. The van der Waals surface area contributed by atoms with Crippen LogP contribution in [0.5, 0.6) is 0 Å². The number of hydrogen-bond acceptors (Lipinski definition) is 8. The molecule has 6 heterocycles. The van der Waals surface area contributed by atoms with Crippen LogP contribution in [0.4, 0.5) is 5.82 Å². The summed E-state index contributed by atoms with van der Waals surface area (Å²) in [4.78, 5) is 7.42. The van der Waals surface area contributed by atoms with Crippen LogP contribution < -0.4 is 4.90 Å². The second-order valence-corrected chi connectivity index (χ2v) is 9.04. The number of fused-ring (bicyclic) bond motifs is 1. The van der Waals surface area contributed by atoms with Gasteiger partial charge in [-0.15, -0.1) is 5.10 Å². The van der Waals surface area contributed by atoms with Crippen LogP contribution in [-0.2, 0) is 16.5 Å². The molecule has 2 saturated heterocycles. The molecule has 11 nitrogen and oxygen atoms in total. The Kier molecular flexibility index (Phi) is 5.30. The van der Waals surface area contributed by atoms with Crippen LogP contribution in [0, 0.1) is 6.92 Å². The Labute approximate surface area is 197 Å². The van der Waals surface area contributed by atoms with Crippen molar-refractivity contribution >= 4 is 11.5 Å². The molecule has 0 radical (unpaired) electrons. The molecule has 0 amide bonds. The van der Waals surface area contributed by atoms with Gasteiger partial charge in [-0.25, -0.2) is 18.9 Å². The highest BCUT2D eigenvalue weighted by Crippen LogP contribution is 2.34. The third kappa shape index (κ3) is 3.46. The van der Waals surface area contributed by atoms with Crippen molar-refractivity contribution in [1.82, 2.24) is 39.4 Å². The third-order valence-corrected chi connectivity index (χ3v) is 6.73. The normalized spacial score (nSPS) is 21.4. The van der Waals surface area contributed by atoms with Gasteiger partial charge in [0.25, 0.3) is 0 Å². The zero-order chi connectivity index (χ0) is 23.2. The van der Waals surface area contributed by atoms with Crippen molar-refractivity contribution in [3.8, 4) is 22.6 Å². The van der Waals surface area contributed by atoms with Crippen molar-refractivity contribution in [2.75, 3.05) is 31.3 Å². The summed E-state index contributed by atoms with van der Waals surface area (Å²) in [5, 5.41) is 17.9. The van der Waals surface area contributed by atoms with Gasteiger partial charge in [0.05, 0.1) is 48.1 Å². The molecule has 11 heteroatoms. The fourth-order valence-electron chi connectivity index (χ4n) is 5.00. The molecule has 178 valence electrons. The van der Waals surface area contributed by atoms with E-state index in [9.17, 15) is 0 Å². The Hall–Kier alpha value is -3.31. The lowest BCUT2D eigenvalue weighted by Gasteiger charge is -2.34. The molecule has 2 aliphatic rings. The molecule has 4 aromatic heterocycles. The molecule has 6 rings (SSSR count). The van der Waals surface area contributed by atoms with Gasteiger partial charge in [0, 0.05) is 32.5 Å². The van der Waals surface area contributed by atoms with Gasteiger partial charge in [0.2, 0.25) is 0 Å². The van der Waals surface area contributed by atoms with E-state index < -0.39 is 0 Å². The highest BCUT2D eigenvalue weighted by molar-refractivity contribution is 5.79. The van der Waals surface area contributed by atoms with E-state index in [-0.39, 0.29) is 12.3 Å². The third-order valence-electron chi connectivity index (χ3n) is 6.73. The molecule has 0 bridgehead atoms. The quantitative estimate of drug-likeness (QED) is 0.455. The second-order valence-electron chi connectivity index (χ2n) is 9.04. The Bertz CT molecular complexity index is 1300. The van der Waals surface area contributed by atoms with Crippen molar-refractivity contribution < 1.29 is 9.47 Å². The van der Waals surface area contributed by atoms with E-state index in [1.807, 2.05) is 41.6 Å². The first-order chi connectivity index (χ1) is 16.6. The summed E-state index contributed by atoms with van der Waals surface area (Å²) < 4.78 is 17.4. The van der Waals surface area contributed by atoms with E-state index in [1.165, 1.54) is 0 Å². The molecule has 2 fully saturated rings. The molecule has 0 aromatic carbocycles. The summed E-state index contributed by atoms with van der Waals surface area (Å²) in [5.74, 6) is 0.889. The fraction of sp³-hybridized carbons (Fsp3) is 0.522. The minimum absolute atomic E-state index is 0.0702. The number of aryl methyl sites for hydroxylation is 2. The number of aromatic nitrogens is 8. The molecule has 0 spiro atoms. The van der Waals surface area contributed by atoms with Gasteiger partial charge in [-0.2, -0.15) is 10.2 Å². The molecule has 2 atom stereocenters. The summed E-state index contributed by atoms with van der Waals surface area (Å²) >= 11 is 0. The van der Waals surface area contributed by atoms with Gasteiger partial charge in [-0.3, -0.25) is 0 Å². The maximum atomic E-state index is 6.03. The first-order valence-corrected chi connectivity index (χ1v) is 11.9. The van der Waals surface area contributed by atoms with Crippen molar-refractivity contribution in [1.29, 1.82) is 0 Å². The van der Waals surface area contributed by atoms with Gasteiger partial charge in [0.15, 0.2) is 11.9 Å². The van der Waals surface area contributed by atoms with Crippen LogP contribution in [0.15, 0.2) is 24.5 Å². The van der Waals surface area contributed by atoms with Crippen LogP contribution in [0.3, 0.4) is 0 Å². The van der Waals surface area contributed by atoms with Gasteiger partial charge in [0.1, 0.15) is 11.5 Å². The molecule has 1 unspecified atom stereocenters. The van der Waals surface area contributed by atoms with Crippen LogP contribution in [0.25, 0.3) is 28.3 Å². The molecular formula is C23H29N9O2. The van der Waals surface area contributed by atoms with Crippen LogP contribution in [0.1, 0.15) is 38.1 Å².